The van der Waals surface area contributed by atoms with Crippen molar-refractivity contribution in [3.05, 3.63) is 75.6 Å². The number of nitro benzene ring substituents is 1. The molecule has 25 heavy (non-hydrogen) atoms. The summed E-state index contributed by atoms with van der Waals surface area (Å²) in [7, 11) is 0. The molecule has 3 N–H and O–H groups in total. The number of rotatable bonds is 5. The number of carbonyl (C=O) groups excluding carboxylic acids is 1. The van der Waals surface area contributed by atoms with Crippen molar-refractivity contribution in [2.75, 3.05) is 0 Å². The molecule has 1 heterocycles. The highest BCUT2D eigenvalue weighted by Gasteiger charge is 2.27. The van der Waals surface area contributed by atoms with Crippen molar-refractivity contribution in [3.8, 4) is 0 Å². The Balaban J connectivity index is 1.56. The topological polar surface area (TPSA) is 96.3 Å². The average Bonchev–Trinajstić information content (AvgIpc) is 3.05. The molecule has 2 atom stereocenters. The molecule has 0 aromatic heterocycles. The predicted octanol–water partition coefficient (Wildman–Crippen LogP) is 1.96. The fourth-order valence-corrected chi connectivity index (χ4v) is 2.76. The van der Waals surface area contributed by atoms with Crippen LogP contribution in [0.3, 0.4) is 0 Å². The summed E-state index contributed by atoms with van der Waals surface area (Å²) in [6.07, 6.45) is 0.410. The Bertz CT molecular complexity index is 782. The van der Waals surface area contributed by atoms with E-state index in [1.165, 1.54) is 24.3 Å². The first kappa shape index (κ1) is 17.0. The van der Waals surface area contributed by atoms with Crippen molar-refractivity contribution in [2.45, 2.75) is 25.0 Å². The van der Waals surface area contributed by atoms with E-state index in [9.17, 15) is 19.3 Å². The third kappa shape index (κ3) is 4.37. The summed E-state index contributed by atoms with van der Waals surface area (Å²) >= 11 is 0. The van der Waals surface area contributed by atoms with Crippen molar-refractivity contribution in [1.82, 2.24) is 16.2 Å². The second-order valence-electron chi connectivity index (χ2n) is 5.85. The molecule has 1 fully saturated rings. The number of nitro groups is 1. The van der Waals surface area contributed by atoms with E-state index in [1.54, 1.807) is 24.3 Å². The molecule has 1 aliphatic rings. The summed E-state index contributed by atoms with van der Waals surface area (Å²) in [5, 5.41) is 13.7. The van der Waals surface area contributed by atoms with E-state index in [0.717, 1.165) is 11.1 Å². The Labute approximate surface area is 143 Å². The van der Waals surface area contributed by atoms with Gasteiger partial charge in [0, 0.05) is 24.6 Å². The predicted molar refractivity (Wildman–Crippen MR) is 88.8 cm³/mol. The third-order valence-electron chi connectivity index (χ3n) is 4.00. The maximum Gasteiger partial charge on any atom is 0.269 e. The highest BCUT2D eigenvalue weighted by Crippen LogP contribution is 2.24. The smallest absolute Gasteiger partial charge is 0.269 e. The van der Waals surface area contributed by atoms with Gasteiger partial charge in [-0.05, 0) is 23.3 Å². The monoisotopic (exact) mass is 344 g/mol. The molecule has 2 aromatic carbocycles. The van der Waals surface area contributed by atoms with Crippen molar-refractivity contribution in [3.63, 3.8) is 0 Å². The molecule has 0 saturated carbocycles. The number of hydrogen-bond acceptors (Lipinski definition) is 5. The van der Waals surface area contributed by atoms with Gasteiger partial charge in [-0.3, -0.25) is 14.9 Å². The van der Waals surface area contributed by atoms with Gasteiger partial charge in [-0.15, -0.1) is 0 Å². The van der Waals surface area contributed by atoms with Gasteiger partial charge in [-0.25, -0.2) is 15.2 Å². The SMILES string of the molecule is O=C(Cc1ccc(F)cc1)NC1CC(c2cccc([N+](=O)[O-])c2)NN1. The zero-order valence-corrected chi connectivity index (χ0v) is 13.2. The molecule has 130 valence electrons. The average molecular weight is 344 g/mol. The van der Waals surface area contributed by atoms with Crippen LogP contribution in [0.4, 0.5) is 10.1 Å². The minimum Gasteiger partial charge on any atom is -0.339 e. The van der Waals surface area contributed by atoms with E-state index in [-0.39, 0.29) is 36.0 Å². The molecular formula is C17H17FN4O3. The molecule has 2 aromatic rings. The zero-order chi connectivity index (χ0) is 17.8. The van der Waals surface area contributed by atoms with E-state index in [0.29, 0.717) is 6.42 Å². The quantitative estimate of drug-likeness (QED) is 0.569. The van der Waals surface area contributed by atoms with Crippen LogP contribution in [0.5, 0.6) is 0 Å². The lowest BCUT2D eigenvalue weighted by atomic mass is 10.0. The van der Waals surface area contributed by atoms with Crippen molar-refractivity contribution in [1.29, 1.82) is 0 Å². The molecule has 1 amide bonds. The summed E-state index contributed by atoms with van der Waals surface area (Å²) in [6, 6.07) is 12.0. The van der Waals surface area contributed by atoms with Gasteiger partial charge >= 0.3 is 0 Å². The standard InChI is InChI=1S/C17H17FN4O3/c18-13-6-4-11(5-7-13)8-17(23)19-16-10-15(20-21-16)12-2-1-3-14(9-12)22(24)25/h1-7,9,15-16,20-21H,8,10H2,(H,19,23). The summed E-state index contributed by atoms with van der Waals surface area (Å²) in [5.74, 6) is -0.531. The Morgan fingerprint density at radius 1 is 1.24 bits per heavy atom. The van der Waals surface area contributed by atoms with Gasteiger partial charge in [-0.1, -0.05) is 24.3 Å². The molecule has 0 radical (unpaired) electrons. The van der Waals surface area contributed by atoms with Gasteiger partial charge in [0.15, 0.2) is 0 Å². The number of nitrogens with one attached hydrogen (secondary N) is 3. The number of hydrazine groups is 1. The Morgan fingerprint density at radius 2 is 2.00 bits per heavy atom. The molecule has 0 spiro atoms. The summed E-state index contributed by atoms with van der Waals surface area (Å²) in [6.45, 7) is 0. The zero-order valence-electron chi connectivity index (χ0n) is 13.2. The molecule has 1 aliphatic heterocycles. The molecule has 8 heteroatoms. The second-order valence-corrected chi connectivity index (χ2v) is 5.85. The van der Waals surface area contributed by atoms with E-state index in [1.807, 2.05) is 0 Å². The van der Waals surface area contributed by atoms with Crippen LogP contribution in [0.2, 0.25) is 0 Å². The summed E-state index contributed by atoms with van der Waals surface area (Å²) in [5.41, 5.74) is 7.52. The van der Waals surface area contributed by atoms with Crippen LogP contribution in [-0.4, -0.2) is 17.0 Å². The number of benzene rings is 2. The van der Waals surface area contributed by atoms with Crippen LogP contribution in [0, 0.1) is 15.9 Å². The maximum atomic E-state index is 12.9. The molecular weight excluding hydrogens is 327 g/mol. The fourth-order valence-electron chi connectivity index (χ4n) is 2.76. The van der Waals surface area contributed by atoms with Crippen LogP contribution >= 0.6 is 0 Å². The Hall–Kier alpha value is -2.84. The third-order valence-corrected chi connectivity index (χ3v) is 4.00. The van der Waals surface area contributed by atoms with Gasteiger partial charge in [0.05, 0.1) is 17.5 Å². The van der Waals surface area contributed by atoms with Gasteiger partial charge < -0.3 is 5.32 Å². The maximum absolute atomic E-state index is 12.9. The van der Waals surface area contributed by atoms with E-state index >= 15 is 0 Å². The van der Waals surface area contributed by atoms with E-state index < -0.39 is 4.92 Å². The number of halogens is 1. The first-order chi connectivity index (χ1) is 12.0. The minimum absolute atomic E-state index is 0.0306. The molecule has 0 aliphatic carbocycles. The van der Waals surface area contributed by atoms with E-state index in [2.05, 4.69) is 16.2 Å². The largest absolute Gasteiger partial charge is 0.339 e. The fraction of sp³-hybridized carbons (Fsp3) is 0.235. The van der Waals surface area contributed by atoms with Gasteiger partial charge in [0.2, 0.25) is 5.91 Å². The number of non-ortho nitro benzene ring substituents is 1. The van der Waals surface area contributed by atoms with Crippen LogP contribution in [-0.2, 0) is 11.2 Å². The second kappa shape index (κ2) is 7.37. The molecule has 0 bridgehead atoms. The number of nitrogens with zero attached hydrogens (tertiary/aromatic N) is 1. The Kier molecular flexibility index (Phi) is 5.01. The number of carbonyl (C=O) groups is 1. The van der Waals surface area contributed by atoms with Gasteiger partial charge in [0.25, 0.3) is 5.69 Å². The van der Waals surface area contributed by atoms with Gasteiger partial charge in [0.1, 0.15) is 5.82 Å². The highest BCUT2D eigenvalue weighted by atomic mass is 19.1. The van der Waals surface area contributed by atoms with Crippen molar-refractivity contribution >= 4 is 11.6 Å². The first-order valence-corrected chi connectivity index (χ1v) is 7.80. The normalized spacial score (nSPS) is 19.6. The van der Waals surface area contributed by atoms with E-state index in [4.69, 9.17) is 0 Å². The summed E-state index contributed by atoms with van der Waals surface area (Å²) in [4.78, 5) is 22.5. The molecule has 7 nitrogen and oxygen atoms in total. The highest BCUT2D eigenvalue weighted by molar-refractivity contribution is 5.78. The Morgan fingerprint density at radius 3 is 2.72 bits per heavy atom. The lowest BCUT2D eigenvalue weighted by Crippen LogP contribution is -2.44. The minimum atomic E-state index is -0.437. The molecule has 2 unspecified atom stereocenters. The van der Waals surface area contributed by atoms with Crippen molar-refractivity contribution in [2.24, 2.45) is 0 Å². The van der Waals surface area contributed by atoms with Crippen LogP contribution in [0.25, 0.3) is 0 Å². The first-order valence-electron chi connectivity index (χ1n) is 7.80. The van der Waals surface area contributed by atoms with Gasteiger partial charge in [-0.2, -0.15) is 0 Å². The lowest BCUT2D eigenvalue weighted by molar-refractivity contribution is -0.384. The van der Waals surface area contributed by atoms with Crippen LogP contribution in [0.15, 0.2) is 48.5 Å². The number of amides is 1. The van der Waals surface area contributed by atoms with Crippen LogP contribution in [0.1, 0.15) is 23.6 Å². The molecule has 1 saturated heterocycles. The molecule has 3 rings (SSSR count). The lowest BCUT2D eigenvalue weighted by Gasteiger charge is -2.12. The van der Waals surface area contributed by atoms with Crippen LogP contribution < -0.4 is 16.2 Å². The number of hydrogen-bond donors (Lipinski definition) is 3. The van der Waals surface area contributed by atoms with Crippen molar-refractivity contribution < 1.29 is 14.1 Å². The summed E-state index contributed by atoms with van der Waals surface area (Å²) < 4.78 is 12.9.